The van der Waals surface area contributed by atoms with Crippen molar-refractivity contribution in [2.45, 2.75) is 0 Å². The average Bonchev–Trinajstić information content (AvgIpc) is 2.53. The number of nitrogens with zero attached hydrogens (tertiary/aromatic N) is 2. The van der Waals surface area contributed by atoms with Crippen LogP contribution in [0.15, 0.2) is 55.2 Å². The molecule has 1 amide bonds. The molecule has 0 atom stereocenters. The number of hydrogen-bond acceptors (Lipinski definition) is 5. The highest BCUT2D eigenvalue weighted by molar-refractivity contribution is 5.92. The predicted octanol–water partition coefficient (Wildman–Crippen LogP) is 1.90. The second-order valence-electron chi connectivity index (χ2n) is 4.08. The maximum atomic E-state index is 11.8. The van der Waals surface area contributed by atoms with Crippen LogP contribution in [-0.4, -0.2) is 15.8 Å². The first-order valence-electron chi connectivity index (χ1n) is 5.99. The largest absolute Gasteiger partial charge is 0.298 e. The van der Waals surface area contributed by atoms with Crippen molar-refractivity contribution < 1.29 is 9.72 Å². The summed E-state index contributed by atoms with van der Waals surface area (Å²) in [7, 11) is 0. The molecule has 1 aromatic heterocycles. The van der Waals surface area contributed by atoms with Crippen molar-refractivity contribution in [2.75, 3.05) is 0 Å². The molecule has 0 saturated carbocycles. The number of amides is 1. The van der Waals surface area contributed by atoms with E-state index in [0.717, 1.165) is 0 Å². The minimum Gasteiger partial charge on any atom is -0.298 e. The fourth-order valence-electron chi connectivity index (χ4n) is 1.55. The highest BCUT2D eigenvalue weighted by Gasteiger charge is 2.08. The van der Waals surface area contributed by atoms with Gasteiger partial charge in [0.05, 0.1) is 10.6 Å². The molecule has 0 radical (unpaired) electrons. The van der Waals surface area contributed by atoms with E-state index in [2.05, 4.69) is 22.4 Å². The second-order valence-corrected chi connectivity index (χ2v) is 4.08. The summed E-state index contributed by atoms with van der Waals surface area (Å²) in [6.07, 6.45) is 1.51. The van der Waals surface area contributed by atoms with E-state index >= 15 is 0 Å². The first-order chi connectivity index (χ1) is 10.1. The van der Waals surface area contributed by atoms with Crippen molar-refractivity contribution in [2.24, 2.45) is 0 Å². The zero-order valence-corrected chi connectivity index (χ0v) is 10.9. The second kappa shape index (κ2) is 6.29. The normalized spacial score (nSPS) is 9.71. The van der Waals surface area contributed by atoms with Crippen molar-refractivity contribution >= 4 is 17.3 Å². The SMILES string of the molecule is C=C(NNC(=O)c1ccccn1)c1ccc([N+](=O)[O-])cc1. The lowest BCUT2D eigenvalue weighted by Gasteiger charge is -2.10. The van der Waals surface area contributed by atoms with Gasteiger partial charge in [-0.15, -0.1) is 0 Å². The molecule has 1 heterocycles. The molecule has 7 heteroatoms. The maximum Gasteiger partial charge on any atom is 0.288 e. The number of pyridine rings is 1. The van der Waals surface area contributed by atoms with Crippen LogP contribution in [0.1, 0.15) is 16.1 Å². The smallest absolute Gasteiger partial charge is 0.288 e. The first-order valence-corrected chi connectivity index (χ1v) is 5.99. The Hall–Kier alpha value is -3.22. The van der Waals surface area contributed by atoms with Gasteiger partial charge in [-0.3, -0.25) is 30.7 Å². The summed E-state index contributed by atoms with van der Waals surface area (Å²) in [4.78, 5) is 25.7. The van der Waals surface area contributed by atoms with Crippen LogP contribution in [0.25, 0.3) is 5.70 Å². The van der Waals surface area contributed by atoms with Gasteiger partial charge in [-0.25, -0.2) is 0 Å². The summed E-state index contributed by atoms with van der Waals surface area (Å²) in [6, 6.07) is 10.8. The van der Waals surface area contributed by atoms with Gasteiger partial charge >= 0.3 is 0 Å². The first kappa shape index (κ1) is 14.2. The summed E-state index contributed by atoms with van der Waals surface area (Å²) in [5, 5.41) is 10.6. The van der Waals surface area contributed by atoms with E-state index in [9.17, 15) is 14.9 Å². The van der Waals surface area contributed by atoms with Crippen molar-refractivity contribution in [1.82, 2.24) is 15.8 Å². The molecule has 21 heavy (non-hydrogen) atoms. The van der Waals surface area contributed by atoms with Crippen LogP contribution in [0.5, 0.6) is 0 Å². The lowest BCUT2D eigenvalue weighted by molar-refractivity contribution is -0.384. The Kier molecular flexibility index (Phi) is 4.25. The Morgan fingerprint density at radius 1 is 1.14 bits per heavy atom. The monoisotopic (exact) mass is 284 g/mol. The summed E-state index contributed by atoms with van der Waals surface area (Å²) in [5.74, 6) is -0.404. The zero-order valence-electron chi connectivity index (χ0n) is 10.9. The molecule has 0 aliphatic rings. The number of nitro benzene ring substituents is 1. The van der Waals surface area contributed by atoms with E-state index < -0.39 is 10.8 Å². The highest BCUT2D eigenvalue weighted by Crippen LogP contribution is 2.15. The van der Waals surface area contributed by atoms with Crippen LogP contribution in [0.2, 0.25) is 0 Å². The lowest BCUT2D eigenvalue weighted by Crippen LogP contribution is -2.36. The molecule has 2 aromatic rings. The Labute approximate surface area is 120 Å². The summed E-state index contributed by atoms with van der Waals surface area (Å²) < 4.78 is 0. The lowest BCUT2D eigenvalue weighted by atomic mass is 10.1. The number of nitro groups is 1. The standard InChI is InChI=1S/C14H12N4O3/c1-10(11-5-7-12(8-6-11)18(20)21)16-17-14(19)13-4-2-3-9-15-13/h2-9,16H,1H2,(H,17,19). The summed E-state index contributed by atoms with van der Waals surface area (Å²) >= 11 is 0. The third kappa shape index (κ3) is 3.63. The third-order valence-corrected chi connectivity index (χ3v) is 2.65. The number of hydrogen-bond donors (Lipinski definition) is 2. The van der Waals surface area contributed by atoms with Gasteiger partial charge in [-0.2, -0.15) is 0 Å². The molecule has 0 aliphatic carbocycles. The Balaban J connectivity index is 1.96. The molecule has 0 spiro atoms. The fourth-order valence-corrected chi connectivity index (χ4v) is 1.55. The maximum absolute atomic E-state index is 11.8. The molecule has 0 saturated heterocycles. The quantitative estimate of drug-likeness (QED) is 0.645. The average molecular weight is 284 g/mol. The number of nitrogens with one attached hydrogen (secondary N) is 2. The van der Waals surface area contributed by atoms with Gasteiger partial charge in [-0.05, 0) is 29.8 Å². The third-order valence-electron chi connectivity index (χ3n) is 2.65. The van der Waals surface area contributed by atoms with Crippen LogP contribution in [0, 0.1) is 10.1 Å². The minimum absolute atomic E-state index is 0.0101. The number of aromatic nitrogens is 1. The number of non-ortho nitro benzene ring substituents is 1. The molecule has 0 aliphatic heterocycles. The van der Waals surface area contributed by atoms with Crippen molar-refractivity contribution in [3.05, 3.63) is 76.6 Å². The van der Waals surface area contributed by atoms with Crippen LogP contribution in [0.3, 0.4) is 0 Å². The van der Waals surface area contributed by atoms with Gasteiger partial charge in [0, 0.05) is 18.3 Å². The van der Waals surface area contributed by atoms with Gasteiger partial charge in [0.1, 0.15) is 5.69 Å². The van der Waals surface area contributed by atoms with E-state index in [1.807, 2.05) is 0 Å². The number of carbonyl (C=O) groups is 1. The number of benzene rings is 1. The summed E-state index contributed by atoms with van der Waals surface area (Å²) in [6.45, 7) is 3.75. The minimum atomic E-state index is -0.483. The van der Waals surface area contributed by atoms with Crippen molar-refractivity contribution in [3.8, 4) is 0 Å². The van der Waals surface area contributed by atoms with Crippen molar-refractivity contribution in [3.63, 3.8) is 0 Å². The summed E-state index contributed by atoms with van der Waals surface area (Å²) in [5.41, 5.74) is 6.38. The topological polar surface area (TPSA) is 97.2 Å². The predicted molar refractivity (Wildman–Crippen MR) is 77.0 cm³/mol. The van der Waals surface area contributed by atoms with Gasteiger partial charge < -0.3 is 0 Å². The Bertz CT molecular complexity index is 668. The van der Waals surface area contributed by atoms with E-state index in [1.165, 1.54) is 18.3 Å². The van der Waals surface area contributed by atoms with Gasteiger partial charge in [-0.1, -0.05) is 12.6 Å². The van der Waals surface area contributed by atoms with Crippen LogP contribution in [0.4, 0.5) is 5.69 Å². The van der Waals surface area contributed by atoms with E-state index in [-0.39, 0.29) is 11.4 Å². The van der Waals surface area contributed by atoms with Crippen molar-refractivity contribution in [1.29, 1.82) is 0 Å². The van der Waals surface area contributed by atoms with Crippen LogP contribution in [-0.2, 0) is 0 Å². The molecule has 2 N–H and O–H groups in total. The van der Waals surface area contributed by atoms with E-state index in [0.29, 0.717) is 11.3 Å². The number of hydrazine groups is 1. The van der Waals surface area contributed by atoms with E-state index in [4.69, 9.17) is 0 Å². The zero-order chi connectivity index (χ0) is 15.2. The Morgan fingerprint density at radius 3 is 2.43 bits per heavy atom. The molecule has 7 nitrogen and oxygen atoms in total. The van der Waals surface area contributed by atoms with E-state index in [1.54, 1.807) is 30.3 Å². The Morgan fingerprint density at radius 2 is 1.86 bits per heavy atom. The van der Waals surface area contributed by atoms with Crippen LogP contribution >= 0.6 is 0 Å². The van der Waals surface area contributed by atoms with Gasteiger partial charge in [0.15, 0.2) is 0 Å². The molecular formula is C14H12N4O3. The fraction of sp³-hybridized carbons (Fsp3) is 0. The molecule has 106 valence electrons. The van der Waals surface area contributed by atoms with Crippen LogP contribution < -0.4 is 10.9 Å². The number of rotatable bonds is 5. The van der Waals surface area contributed by atoms with Gasteiger partial charge in [0.2, 0.25) is 0 Å². The molecule has 0 unspecified atom stereocenters. The number of carbonyl (C=O) groups excluding carboxylic acids is 1. The van der Waals surface area contributed by atoms with Gasteiger partial charge in [0.25, 0.3) is 11.6 Å². The molecular weight excluding hydrogens is 272 g/mol. The molecule has 2 rings (SSSR count). The molecule has 0 fully saturated rings. The highest BCUT2D eigenvalue weighted by atomic mass is 16.6. The molecule has 0 bridgehead atoms. The molecule has 1 aromatic carbocycles.